The SMILES string of the molecule is COCCC(N)C(=O)N1CCOC(C)C1. The summed E-state index contributed by atoms with van der Waals surface area (Å²) in [7, 11) is 1.61. The number of nitrogens with zero attached hydrogens (tertiary/aromatic N) is 1. The number of amides is 1. The zero-order chi connectivity index (χ0) is 11.3. The number of nitrogens with two attached hydrogens (primary N) is 1. The summed E-state index contributed by atoms with van der Waals surface area (Å²) in [6.07, 6.45) is 0.679. The summed E-state index contributed by atoms with van der Waals surface area (Å²) in [5.74, 6) is 0.00204. The number of hydrogen-bond acceptors (Lipinski definition) is 4. The number of hydrogen-bond donors (Lipinski definition) is 1. The molecule has 1 aliphatic rings. The molecule has 0 aliphatic carbocycles. The van der Waals surface area contributed by atoms with Crippen molar-refractivity contribution in [2.45, 2.75) is 25.5 Å². The minimum Gasteiger partial charge on any atom is -0.385 e. The molecule has 1 aliphatic heterocycles. The van der Waals surface area contributed by atoms with Crippen LogP contribution in [0.15, 0.2) is 0 Å². The van der Waals surface area contributed by atoms with Gasteiger partial charge in [-0.05, 0) is 13.3 Å². The highest BCUT2D eigenvalue weighted by molar-refractivity contribution is 5.81. The van der Waals surface area contributed by atoms with Crippen molar-refractivity contribution in [3.63, 3.8) is 0 Å². The van der Waals surface area contributed by atoms with Crippen molar-refractivity contribution in [2.24, 2.45) is 5.73 Å². The van der Waals surface area contributed by atoms with E-state index in [1.165, 1.54) is 0 Å². The molecular weight excluding hydrogens is 196 g/mol. The van der Waals surface area contributed by atoms with Gasteiger partial charge < -0.3 is 20.1 Å². The predicted octanol–water partition coefficient (Wildman–Crippen LogP) is -0.402. The summed E-state index contributed by atoms with van der Waals surface area (Å²) < 4.78 is 10.3. The first kappa shape index (κ1) is 12.4. The molecule has 0 saturated carbocycles. The first-order valence-electron chi connectivity index (χ1n) is 5.30. The summed E-state index contributed by atoms with van der Waals surface area (Å²) in [5.41, 5.74) is 5.77. The lowest BCUT2D eigenvalue weighted by Gasteiger charge is -2.32. The molecule has 15 heavy (non-hydrogen) atoms. The fourth-order valence-corrected chi connectivity index (χ4v) is 1.62. The van der Waals surface area contributed by atoms with Crippen LogP contribution in [0.4, 0.5) is 0 Å². The number of rotatable bonds is 4. The van der Waals surface area contributed by atoms with Gasteiger partial charge in [0.05, 0.1) is 18.8 Å². The predicted molar refractivity (Wildman–Crippen MR) is 56.5 cm³/mol. The van der Waals surface area contributed by atoms with Crippen molar-refractivity contribution < 1.29 is 14.3 Å². The second kappa shape index (κ2) is 6.05. The summed E-state index contributed by atoms with van der Waals surface area (Å²) in [5, 5.41) is 0. The lowest BCUT2D eigenvalue weighted by atomic mass is 10.2. The van der Waals surface area contributed by atoms with Crippen molar-refractivity contribution >= 4 is 5.91 Å². The van der Waals surface area contributed by atoms with E-state index in [1.807, 2.05) is 6.92 Å². The van der Waals surface area contributed by atoms with E-state index in [2.05, 4.69) is 0 Å². The molecule has 88 valence electrons. The standard InChI is InChI=1S/C10H20N2O3/c1-8-7-12(4-6-15-8)10(13)9(11)3-5-14-2/h8-9H,3-7,11H2,1-2H3. The maximum atomic E-state index is 11.8. The number of carbonyl (C=O) groups is 1. The van der Waals surface area contributed by atoms with Gasteiger partial charge in [-0.25, -0.2) is 0 Å². The van der Waals surface area contributed by atoms with E-state index in [4.69, 9.17) is 15.2 Å². The van der Waals surface area contributed by atoms with Crippen molar-refractivity contribution in [2.75, 3.05) is 33.4 Å². The van der Waals surface area contributed by atoms with Gasteiger partial charge in [-0.3, -0.25) is 4.79 Å². The number of carbonyl (C=O) groups excluding carboxylic acids is 1. The highest BCUT2D eigenvalue weighted by Gasteiger charge is 2.25. The van der Waals surface area contributed by atoms with Crippen LogP contribution in [0.1, 0.15) is 13.3 Å². The molecule has 1 fully saturated rings. The van der Waals surface area contributed by atoms with Crippen molar-refractivity contribution in [3.8, 4) is 0 Å². The third-order valence-electron chi connectivity index (χ3n) is 2.50. The first-order chi connectivity index (χ1) is 7.15. The molecule has 0 radical (unpaired) electrons. The Kier molecular flexibility index (Phi) is 5.01. The summed E-state index contributed by atoms with van der Waals surface area (Å²) in [4.78, 5) is 13.6. The smallest absolute Gasteiger partial charge is 0.239 e. The Morgan fingerprint density at radius 3 is 3.07 bits per heavy atom. The Morgan fingerprint density at radius 1 is 1.73 bits per heavy atom. The zero-order valence-corrected chi connectivity index (χ0v) is 9.44. The molecule has 1 saturated heterocycles. The van der Waals surface area contributed by atoms with Gasteiger partial charge in [0.15, 0.2) is 0 Å². The molecule has 1 rings (SSSR count). The topological polar surface area (TPSA) is 64.8 Å². The van der Waals surface area contributed by atoms with E-state index in [0.717, 1.165) is 0 Å². The maximum absolute atomic E-state index is 11.8. The van der Waals surface area contributed by atoms with Crippen LogP contribution in [-0.2, 0) is 14.3 Å². The molecule has 1 amide bonds. The van der Waals surface area contributed by atoms with Gasteiger partial charge in [-0.2, -0.15) is 0 Å². The lowest BCUT2D eigenvalue weighted by molar-refractivity contribution is -0.139. The summed E-state index contributed by atoms with van der Waals surface area (Å²) in [6, 6.07) is -0.449. The zero-order valence-electron chi connectivity index (χ0n) is 9.44. The molecule has 0 bridgehead atoms. The number of ether oxygens (including phenoxy) is 2. The van der Waals surface area contributed by atoms with E-state index < -0.39 is 6.04 Å². The molecule has 0 aromatic carbocycles. The molecule has 0 spiro atoms. The second-order valence-electron chi connectivity index (χ2n) is 3.85. The highest BCUT2D eigenvalue weighted by atomic mass is 16.5. The number of methoxy groups -OCH3 is 1. The van der Waals surface area contributed by atoms with Gasteiger partial charge >= 0.3 is 0 Å². The third kappa shape index (κ3) is 3.77. The van der Waals surface area contributed by atoms with Crippen LogP contribution in [0.25, 0.3) is 0 Å². The van der Waals surface area contributed by atoms with Crippen LogP contribution in [0.5, 0.6) is 0 Å². The minimum absolute atomic E-state index is 0.00204. The lowest BCUT2D eigenvalue weighted by Crippen LogP contribution is -2.51. The average Bonchev–Trinajstić information content (AvgIpc) is 2.24. The Balaban J connectivity index is 2.37. The number of morpholine rings is 1. The fraction of sp³-hybridized carbons (Fsp3) is 0.900. The maximum Gasteiger partial charge on any atom is 0.239 e. The van der Waals surface area contributed by atoms with E-state index in [1.54, 1.807) is 12.0 Å². The van der Waals surface area contributed by atoms with E-state index in [0.29, 0.717) is 32.7 Å². The molecule has 2 N–H and O–H groups in total. The van der Waals surface area contributed by atoms with Crippen LogP contribution in [-0.4, -0.2) is 56.4 Å². The molecule has 0 aromatic rings. The van der Waals surface area contributed by atoms with Gasteiger partial charge in [0.1, 0.15) is 0 Å². The van der Waals surface area contributed by atoms with Crippen LogP contribution < -0.4 is 5.73 Å². The van der Waals surface area contributed by atoms with Gasteiger partial charge in [-0.15, -0.1) is 0 Å². The van der Waals surface area contributed by atoms with Crippen LogP contribution in [0, 0.1) is 0 Å². The Hall–Kier alpha value is -0.650. The molecule has 2 unspecified atom stereocenters. The molecule has 5 heteroatoms. The van der Waals surface area contributed by atoms with E-state index in [-0.39, 0.29) is 12.0 Å². The summed E-state index contributed by atoms with van der Waals surface area (Å²) in [6.45, 7) is 4.36. The van der Waals surface area contributed by atoms with Crippen molar-refractivity contribution in [1.82, 2.24) is 4.90 Å². The first-order valence-corrected chi connectivity index (χ1v) is 5.30. The van der Waals surface area contributed by atoms with Crippen molar-refractivity contribution in [1.29, 1.82) is 0 Å². The molecule has 2 atom stereocenters. The van der Waals surface area contributed by atoms with Gasteiger partial charge in [0.25, 0.3) is 0 Å². The fourth-order valence-electron chi connectivity index (χ4n) is 1.62. The van der Waals surface area contributed by atoms with Gasteiger partial charge in [-0.1, -0.05) is 0 Å². The third-order valence-corrected chi connectivity index (χ3v) is 2.50. The Morgan fingerprint density at radius 2 is 2.47 bits per heavy atom. The molecular formula is C10H20N2O3. The van der Waals surface area contributed by atoms with Crippen molar-refractivity contribution in [3.05, 3.63) is 0 Å². The Bertz CT molecular complexity index is 211. The quantitative estimate of drug-likeness (QED) is 0.694. The largest absolute Gasteiger partial charge is 0.385 e. The van der Waals surface area contributed by atoms with E-state index in [9.17, 15) is 4.79 Å². The molecule has 5 nitrogen and oxygen atoms in total. The monoisotopic (exact) mass is 216 g/mol. The van der Waals surface area contributed by atoms with Gasteiger partial charge in [0.2, 0.25) is 5.91 Å². The van der Waals surface area contributed by atoms with Crippen LogP contribution in [0.2, 0.25) is 0 Å². The second-order valence-corrected chi connectivity index (χ2v) is 3.85. The average molecular weight is 216 g/mol. The van der Waals surface area contributed by atoms with Crippen LogP contribution in [0.3, 0.4) is 0 Å². The Labute approximate surface area is 90.5 Å². The summed E-state index contributed by atoms with van der Waals surface area (Å²) >= 11 is 0. The minimum atomic E-state index is -0.449. The van der Waals surface area contributed by atoms with Gasteiger partial charge in [0, 0.05) is 26.8 Å². The molecule has 0 aromatic heterocycles. The highest BCUT2D eigenvalue weighted by Crippen LogP contribution is 2.06. The van der Waals surface area contributed by atoms with E-state index >= 15 is 0 Å². The molecule has 1 heterocycles. The normalized spacial score (nSPS) is 23.9. The van der Waals surface area contributed by atoms with Crippen LogP contribution >= 0.6 is 0 Å².